The summed E-state index contributed by atoms with van der Waals surface area (Å²) in [6, 6.07) is 9.02. The molecule has 3 aromatic rings. The van der Waals surface area contributed by atoms with E-state index in [9.17, 15) is 9.50 Å². The summed E-state index contributed by atoms with van der Waals surface area (Å²) in [5, 5.41) is 10.6. The van der Waals surface area contributed by atoms with Crippen molar-refractivity contribution in [3.8, 4) is 5.75 Å². The molecule has 2 aromatic heterocycles. The number of aliphatic hydroxyl groups excluding tert-OH is 1. The summed E-state index contributed by atoms with van der Waals surface area (Å²) < 4.78 is 19.4. The highest BCUT2D eigenvalue weighted by molar-refractivity contribution is 5.90. The second kappa shape index (κ2) is 7.44. The van der Waals surface area contributed by atoms with E-state index in [-0.39, 0.29) is 19.3 Å². The van der Waals surface area contributed by atoms with Crippen molar-refractivity contribution >= 4 is 16.7 Å². The largest absolute Gasteiger partial charge is 0.489 e. The van der Waals surface area contributed by atoms with Crippen LogP contribution >= 0.6 is 0 Å². The molecular weight excluding hydrogens is 347 g/mol. The third-order valence-electron chi connectivity index (χ3n) is 4.85. The van der Waals surface area contributed by atoms with Gasteiger partial charge in [-0.05, 0) is 44.0 Å². The first-order chi connectivity index (χ1) is 13.2. The first-order valence-corrected chi connectivity index (χ1v) is 9.04. The van der Waals surface area contributed by atoms with Crippen LogP contribution in [0.1, 0.15) is 24.2 Å². The van der Waals surface area contributed by atoms with Gasteiger partial charge < -0.3 is 14.7 Å². The van der Waals surface area contributed by atoms with Crippen LogP contribution in [0.25, 0.3) is 10.9 Å². The van der Waals surface area contributed by atoms with Crippen LogP contribution in [-0.4, -0.2) is 39.3 Å². The lowest BCUT2D eigenvalue weighted by atomic mass is 10.2. The van der Waals surface area contributed by atoms with Gasteiger partial charge in [0.15, 0.2) is 0 Å². The summed E-state index contributed by atoms with van der Waals surface area (Å²) in [7, 11) is 0. The molecule has 3 heterocycles. The van der Waals surface area contributed by atoms with Crippen LogP contribution in [0.5, 0.6) is 5.75 Å². The predicted molar refractivity (Wildman–Crippen MR) is 100 cm³/mol. The van der Waals surface area contributed by atoms with Gasteiger partial charge in [-0.3, -0.25) is 0 Å². The van der Waals surface area contributed by atoms with Gasteiger partial charge in [-0.15, -0.1) is 0 Å². The molecule has 7 heteroatoms. The molecule has 4 rings (SSSR count). The Labute approximate surface area is 156 Å². The SMILES string of the molecule is Cc1nc(N2CCCC2CO)c2ccc(OCc3cccnc3F)cc2n1. The van der Waals surface area contributed by atoms with Gasteiger partial charge in [-0.1, -0.05) is 0 Å². The smallest absolute Gasteiger partial charge is 0.219 e. The third kappa shape index (κ3) is 3.55. The quantitative estimate of drug-likeness (QED) is 0.698. The first-order valence-electron chi connectivity index (χ1n) is 9.04. The summed E-state index contributed by atoms with van der Waals surface area (Å²) >= 11 is 0. The first kappa shape index (κ1) is 17.6. The molecule has 0 aliphatic carbocycles. The van der Waals surface area contributed by atoms with E-state index < -0.39 is 5.95 Å². The number of pyridine rings is 1. The number of anilines is 1. The van der Waals surface area contributed by atoms with Gasteiger partial charge in [-0.25, -0.2) is 15.0 Å². The van der Waals surface area contributed by atoms with E-state index in [0.29, 0.717) is 17.1 Å². The highest BCUT2D eigenvalue weighted by Crippen LogP contribution is 2.32. The Morgan fingerprint density at radius 3 is 3.00 bits per heavy atom. The van der Waals surface area contributed by atoms with Gasteiger partial charge in [0, 0.05) is 29.8 Å². The second-order valence-corrected chi connectivity index (χ2v) is 6.69. The van der Waals surface area contributed by atoms with Crippen LogP contribution in [-0.2, 0) is 6.61 Å². The Hall–Kier alpha value is -2.80. The number of hydrogen-bond donors (Lipinski definition) is 1. The van der Waals surface area contributed by atoms with Crippen molar-refractivity contribution in [1.29, 1.82) is 0 Å². The van der Waals surface area contributed by atoms with Crippen LogP contribution in [0.15, 0.2) is 36.5 Å². The van der Waals surface area contributed by atoms with E-state index in [1.807, 2.05) is 25.1 Å². The average Bonchev–Trinajstić information content (AvgIpc) is 3.15. The standard InChI is InChI=1S/C20H21FN4O2/c1-13-23-18-10-16(27-12-14-4-2-8-22-19(14)21)6-7-17(18)20(24-13)25-9-3-5-15(25)11-26/h2,4,6-8,10,15,26H,3,5,9,11-12H2,1H3. The molecule has 140 valence electrons. The van der Waals surface area contributed by atoms with E-state index in [1.54, 1.807) is 12.1 Å². The van der Waals surface area contributed by atoms with Crippen molar-refractivity contribution in [2.24, 2.45) is 0 Å². The number of halogens is 1. The number of ether oxygens (including phenoxy) is 1. The third-order valence-corrected chi connectivity index (χ3v) is 4.85. The van der Waals surface area contributed by atoms with Gasteiger partial charge in [0.1, 0.15) is 24.0 Å². The maximum absolute atomic E-state index is 13.7. The predicted octanol–water partition coefficient (Wildman–Crippen LogP) is 3.01. The van der Waals surface area contributed by atoms with Crippen LogP contribution in [0, 0.1) is 12.9 Å². The molecule has 1 saturated heterocycles. The topological polar surface area (TPSA) is 71.4 Å². The van der Waals surface area contributed by atoms with Gasteiger partial charge >= 0.3 is 0 Å². The zero-order valence-corrected chi connectivity index (χ0v) is 15.1. The number of hydrogen-bond acceptors (Lipinski definition) is 6. The van der Waals surface area contributed by atoms with Gasteiger partial charge in [0.05, 0.1) is 18.2 Å². The van der Waals surface area contributed by atoms with Crippen LogP contribution in [0.3, 0.4) is 0 Å². The Morgan fingerprint density at radius 2 is 2.19 bits per heavy atom. The number of benzene rings is 1. The molecule has 1 fully saturated rings. The van der Waals surface area contributed by atoms with E-state index in [0.717, 1.165) is 36.1 Å². The fourth-order valence-electron chi connectivity index (χ4n) is 3.51. The van der Waals surface area contributed by atoms with Crippen molar-refractivity contribution in [3.63, 3.8) is 0 Å². The van der Waals surface area contributed by atoms with Gasteiger partial charge in [0.2, 0.25) is 5.95 Å². The molecule has 1 aliphatic heterocycles. The molecule has 1 unspecified atom stereocenters. The second-order valence-electron chi connectivity index (χ2n) is 6.69. The van der Waals surface area contributed by atoms with E-state index in [1.165, 1.54) is 6.20 Å². The summed E-state index contributed by atoms with van der Waals surface area (Å²) in [6.07, 6.45) is 3.40. The molecule has 1 aromatic carbocycles. The zero-order chi connectivity index (χ0) is 18.8. The Bertz CT molecular complexity index is 966. The maximum atomic E-state index is 13.7. The van der Waals surface area contributed by atoms with Crippen molar-refractivity contribution in [2.75, 3.05) is 18.1 Å². The minimum absolute atomic E-state index is 0.0898. The Morgan fingerprint density at radius 1 is 1.30 bits per heavy atom. The molecule has 0 bridgehead atoms. The number of fused-ring (bicyclic) bond motifs is 1. The summed E-state index contributed by atoms with van der Waals surface area (Å²) in [6.45, 7) is 2.93. The van der Waals surface area contributed by atoms with Crippen LogP contribution < -0.4 is 9.64 Å². The zero-order valence-electron chi connectivity index (χ0n) is 15.1. The summed E-state index contributed by atoms with van der Waals surface area (Å²) in [5.41, 5.74) is 1.17. The lowest BCUT2D eigenvalue weighted by Crippen LogP contribution is -2.33. The molecule has 27 heavy (non-hydrogen) atoms. The number of nitrogens with zero attached hydrogens (tertiary/aromatic N) is 4. The molecule has 0 saturated carbocycles. The number of rotatable bonds is 5. The lowest BCUT2D eigenvalue weighted by Gasteiger charge is -2.25. The molecule has 1 atom stereocenters. The van der Waals surface area contributed by atoms with Crippen LogP contribution in [0.4, 0.5) is 10.2 Å². The molecule has 6 nitrogen and oxygen atoms in total. The Balaban J connectivity index is 1.64. The molecule has 1 aliphatic rings. The monoisotopic (exact) mass is 368 g/mol. The fraction of sp³-hybridized carbons (Fsp3) is 0.350. The highest BCUT2D eigenvalue weighted by Gasteiger charge is 2.26. The van der Waals surface area contributed by atoms with Gasteiger partial charge in [0.25, 0.3) is 0 Å². The summed E-state index contributed by atoms with van der Waals surface area (Å²) in [4.78, 5) is 14.9. The van der Waals surface area contributed by atoms with E-state index >= 15 is 0 Å². The molecule has 0 radical (unpaired) electrons. The van der Waals surface area contributed by atoms with Crippen LogP contribution in [0.2, 0.25) is 0 Å². The lowest BCUT2D eigenvalue weighted by molar-refractivity contribution is 0.266. The Kier molecular flexibility index (Phi) is 4.85. The maximum Gasteiger partial charge on any atom is 0.219 e. The minimum atomic E-state index is -0.525. The number of aryl methyl sites for hydroxylation is 1. The van der Waals surface area contributed by atoms with Crippen molar-refractivity contribution in [1.82, 2.24) is 15.0 Å². The average molecular weight is 368 g/mol. The minimum Gasteiger partial charge on any atom is -0.489 e. The number of aliphatic hydroxyl groups is 1. The van der Waals surface area contributed by atoms with E-state index in [4.69, 9.17) is 4.74 Å². The summed E-state index contributed by atoms with van der Waals surface area (Å²) in [5.74, 6) is 1.59. The fourth-order valence-corrected chi connectivity index (χ4v) is 3.51. The van der Waals surface area contributed by atoms with Crippen molar-refractivity contribution in [2.45, 2.75) is 32.4 Å². The normalized spacial score (nSPS) is 16.9. The highest BCUT2D eigenvalue weighted by atomic mass is 19.1. The number of aromatic nitrogens is 3. The molecular formula is C20H21FN4O2. The molecule has 0 spiro atoms. The van der Waals surface area contributed by atoms with Crippen molar-refractivity contribution < 1.29 is 14.2 Å². The molecule has 0 amide bonds. The molecule has 1 N–H and O–H groups in total. The van der Waals surface area contributed by atoms with Gasteiger partial charge in [-0.2, -0.15) is 4.39 Å². The van der Waals surface area contributed by atoms with Crippen molar-refractivity contribution in [3.05, 3.63) is 53.9 Å². The van der Waals surface area contributed by atoms with E-state index in [2.05, 4.69) is 19.9 Å².